The lowest BCUT2D eigenvalue weighted by Crippen LogP contribution is -2.20. The first-order valence-electron chi connectivity index (χ1n) is 4.77. The average molecular weight is 179 g/mol. The summed E-state index contributed by atoms with van der Waals surface area (Å²) in [7, 11) is 0. The fraction of sp³-hybridized carbons (Fsp3) is 0.455. The largest absolute Gasteiger partial charge is 0.369 e. The van der Waals surface area contributed by atoms with E-state index in [9.17, 15) is 4.39 Å². The van der Waals surface area contributed by atoms with Crippen molar-refractivity contribution < 1.29 is 4.39 Å². The minimum atomic E-state index is -0.100. The first-order valence-corrected chi connectivity index (χ1v) is 4.77. The fourth-order valence-electron chi connectivity index (χ4n) is 1.86. The summed E-state index contributed by atoms with van der Waals surface area (Å²) in [6.07, 6.45) is 1.17. The number of anilines is 1. The molecule has 0 bridgehead atoms. The van der Waals surface area contributed by atoms with E-state index in [1.54, 1.807) is 6.07 Å². The van der Waals surface area contributed by atoms with Gasteiger partial charge < -0.3 is 4.90 Å². The first-order chi connectivity index (χ1) is 6.27. The molecule has 1 heterocycles. The molecular weight excluding hydrogens is 165 g/mol. The van der Waals surface area contributed by atoms with Gasteiger partial charge in [0.1, 0.15) is 5.82 Å². The second-order valence-corrected chi connectivity index (χ2v) is 3.79. The smallest absolute Gasteiger partial charge is 0.146 e. The van der Waals surface area contributed by atoms with Crippen molar-refractivity contribution in [3.05, 3.63) is 30.1 Å². The molecule has 2 rings (SSSR count). The van der Waals surface area contributed by atoms with Crippen LogP contribution in [0.5, 0.6) is 0 Å². The number of rotatable bonds is 1. The van der Waals surface area contributed by atoms with Gasteiger partial charge in [0.05, 0.1) is 5.69 Å². The topological polar surface area (TPSA) is 3.24 Å². The van der Waals surface area contributed by atoms with Crippen LogP contribution in [0.4, 0.5) is 10.1 Å². The number of hydrogen-bond donors (Lipinski definition) is 0. The van der Waals surface area contributed by atoms with Gasteiger partial charge in [0.25, 0.3) is 0 Å². The third kappa shape index (κ3) is 1.67. The van der Waals surface area contributed by atoms with Gasteiger partial charge >= 0.3 is 0 Å². The van der Waals surface area contributed by atoms with Crippen LogP contribution in [0.2, 0.25) is 0 Å². The highest BCUT2D eigenvalue weighted by Gasteiger charge is 2.20. The van der Waals surface area contributed by atoms with Gasteiger partial charge in [-0.1, -0.05) is 19.1 Å². The van der Waals surface area contributed by atoms with Crippen molar-refractivity contribution in [2.24, 2.45) is 5.92 Å². The molecule has 0 unspecified atom stereocenters. The van der Waals surface area contributed by atoms with E-state index in [4.69, 9.17) is 0 Å². The lowest BCUT2D eigenvalue weighted by Gasteiger charge is -2.18. The van der Waals surface area contributed by atoms with Gasteiger partial charge in [-0.2, -0.15) is 0 Å². The predicted molar refractivity (Wildman–Crippen MR) is 52.4 cm³/mol. The minimum Gasteiger partial charge on any atom is -0.369 e. The van der Waals surface area contributed by atoms with Crippen LogP contribution < -0.4 is 4.90 Å². The third-order valence-electron chi connectivity index (χ3n) is 2.62. The molecule has 0 saturated carbocycles. The van der Waals surface area contributed by atoms with Crippen LogP contribution in [-0.4, -0.2) is 13.1 Å². The Morgan fingerprint density at radius 2 is 2.15 bits per heavy atom. The Kier molecular flexibility index (Phi) is 2.21. The van der Waals surface area contributed by atoms with Crippen LogP contribution >= 0.6 is 0 Å². The van der Waals surface area contributed by atoms with E-state index in [1.165, 1.54) is 12.5 Å². The second-order valence-electron chi connectivity index (χ2n) is 3.79. The van der Waals surface area contributed by atoms with Crippen molar-refractivity contribution >= 4 is 5.69 Å². The zero-order valence-corrected chi connectivity index (χ0v) is 7.83. The number of nitrogens with zero attached hydrogens (tertiary/aromatic N) is 1. The van der Waals surface area contributed by atoms with Crippen LogP contribution in [0.3, 0.4) is 0 Å². The first kappa shape index (κ1) is 8.54. The van der Waals surface area contributed by atoms with Gasteiger partial charge in [0.2, 0.25) is 0 Å². The number of benzene rings is 1. The molecule has 1 aliphatic rings. The van der Waals surface area contributed by atoms with E-state index in [0.29, 0.717) is 5.92 Å². The van der Waals surface area contributed by atoms with E-state index in [2.05, 4.69) is 11.8 Å². The van der Waals surface area contributed by atoms with Crippen LogP contribution in [0.15, 0.2) is 24.3 Å². The summed E-state index contributed by atoms with van der Waals surface area (Å²) >= 11 is 0. The Morgan fingerprint density at radius 3 is 2.77 bits per heavy atom. The molecular formula is C11H14FN. The molecule has 1 aromatic carbocycles. The van der Waals surface area contributed by atoms with Crippen molar-refractivity contribution in [2.45, 2.75) is 13.3 Å². The molecule has 0 aromatic heterocycles. The maximum atomic E-state index is 13.3. The zero-order chi connectivity index (χ0) is 9.26. The molecule has 0 N–H and O–H groups in total. The molecule has 13 heavy (non-hydrogen) atoms. The highest BCUT2D eigenvalue weighted by molar-refractivity contribution is 5.48. The molecule has 0 radical (unpaired) electrons. The zero-order valence-electron chi connectivity index (χ0n) is 7.83. The summed E-state index contributed by atoms with van der Waals surface area (Å²) in [5, 5.41) is 0. The van der Waals surface area contributed by atoms with E-state index in [0.717, 1.165) is 18.8 Å². The maximum Gasteiger partial charge on any atom is 0.146 e. The van der Waals surface area contributed by atoms with Crippen molar-refractivity contribution in [3.63, 3.8) is 0 Å². The molecule has 1 nitrogen and oxygen atoms in total. The van der Waals surface area contributed by atoms with Gasteiger partial charge in [-0.05, 0) is 24.5 Å². The molecule has 2 heteroatoms. The van der Waals surface area contributed by atoms with Crippen LogP contribution in [0.1, 0.15) is 13.3 Å². The number of para-hydroxylation sites is 1. The molecule has 70 valence electrons. The molecule has 0 spiro atoms. The highest BCUT2D eigenvalue weighted by Crippen LogP contribution is 2.25. The van der Waals surface area contributed by atoms with E-state index < -0.39 is 0 Å². The van der Waals surface area contributed by atoms with E-state index in [1.807, 2.05) is 12.1 Å². The number of halogens is 1. The minimum absolute atomic E-state index is 0.100. The SMILES string of the molecule is C[C@@H]1CCN(c2ccccc2F)C1. The van der Waals surface area contributed by atoms with Gasteiger partial charge in [-0.15, -0.1) is 0 Å². The molecule has 1 aliphatic heterocycles. The lowest BCUT2D eigenvalue weighted by molar-refractivity contribution is 0.619. The summed E-state index contributed by atoms with van der Waals surface area (Å²) in [4.78, 5) is 2.12. The van der Waals surface area contributed by atoms with E-state index in [-0.39, 0.29) is 5.82 Å². The Balaban J connectivity index is 2.21. The summed E-state index contributed by atoms with van der Waals surface area (Å²) < 4.78 is 13.3. The van der Waals surface area contributed by atoms with Crippen molar-refractivity contribution in [1.29, 1.82) is 0 Å². The van der Waals surface area contributed by atoms with Gasteiger partial charge in [-0.3, -0.25) is 0 Å². The van der Waals surface area contributed by atoms with Gasteiger partial charge in [0.15, 0.2) is 0 Å². The summed E-state index contributed by atoms with van der Waals surface area (Å²) in [5.41, 5.74) is 0.756. The van der Waals surface area contributed by atoms with Crippen LogP contribution in [0, 0.1) is 11.7 Å². The third-order valence-corrected chi connectivity index (χ3v) is 2.62. The van der Waals surface area contributed by atoms with Crippen LogP contribution in [-0.2, 0) is 0 Å². The van der Waals surface area contributed by atoms with E-state index >= 15 is 0 Å². The Bertz CT molecular complexity index is 298. The summed E-state index contributed by atoms with van der Waals surface area (Å²) in [5.74, 6) is 0.594. The Labute approximate surface area is 78.2 Å². The fourth-order valence-corrected chi connectivity index (χ4v) is 1.86. The molecule has 0 aliphatic carbocycles. The molecule has 1 aromatic rings. The van der Waals surface area contributed by atoms with Gasteiger partial charge in [-0.25, -0.2) is 4.39 Å². The predicted octanol–water partition coefficient (Wildman–Crippen LogP) is 2.67. The Hall–Kier alpha value is -1.05. The molecule has 1 fully saturated rings. The standard InChI is InChI=1S/C11H14FN/c1-9-6-7-13(8-9)11-5-3-2-4-10(11)12/h2-5,9H,6-8H2,1H3/t9-/m1/s1. The molecule has 1 atom stereocenters. The normalized spacial score (nSPS) is 22.3. The van der Waals surface area contributed by atoms with Crippen molar-refractivity contribution in [2.75, 3.05) is 18.0 Å². The quantitative estimate of drug-likeness (QED) is 0.640. The van der Waals surface area contributed by atoms with Crippen molar-refractivity contribution in [1.82, 2.24) is 0 Å². The highest BCUT2D eigenvalue weighted by atomic mass is 19.1. The molecule has 0 amide bonds. The summed E-state index contributed by atoms with van der Waals surface area (Å²) in [6.45, 7) is 4.18. The lowest BCUT2D eigenvalue weighted by atomic mass is 10.2. The number of hydrogen-bond acceptors (Lipinski definition) is 1. The maximum absolute atomic E-state index is 13.3. The average Bonchev–Trinajstić information content (AvgIpc) is 2.53. The second kappa shape index (κ2) is 3.36. The monoisotopic (exact) mass is 179 g/mol. The van der Waals surface area contributed by atoms with Gasteiger partial charge in [0, 0.05) is 13.1 Å². The van der Waals surface area contributed by atoms with Crippen molar-refractivity contribution in [3.8, 4) is 0 Å². The van der Waals surface area contributed by atoms with Crippen LogP contribution in [0.25, 0.3) is 0 Å². The Morgan fingerprint density at radius 1 is 1.38 bits per heavy atom. The summed E-state index contributed by atoms with van der Waals surface area (Å²) in [6, 6.07) is 7.01. The molecule has 1 saturated heterocycles.